The van der Waals surface area contributed by atoms with Crippen LogP contribution in [0.3, 0.4) is 0 Å². The van der Waals surface area contributed by atoms with Crippen LogP contribution in [0.25, 0.3) is 0 Å². The maximum atomic E-state index is 12.4. The Kier molecular flexibility index (Phi) is 5.15. The van der Waals surface area contributed by atoms with Gasteiger partial charge in [-0.25, -0.2) is 0 Å². The lowest BCUT2D eigenvalue weighted by molar-refractivity contribution is -0.0271. The largest absolute Gasteiger partial charge is 0.496 e. The van der Waals surface area contributed by atoms with Gasteiger partial charge < -0.3 is 9.47 Å². The quantitative estimate of drug-likeness (QED) is 0.774. The van der Waals surface area contributed by atoms with E-state index in [1.807, 2.05) is 25.1 Å². The van der Waals surface area contributed by atoms with Crippen LogP contribution in [0.4, 0.5) is 0 Å². The van der Waals surface area contributed by atoms with Crippen LogP contribution < -0.4 is 4.74 Å². The predicted octanol–water partition coefficient (Wildman–Crippen LogP) is 2.30. The van der Waals surface area contributed by atoms with Gasteiger partial charge in [0.05, 0.1) is 31.9 Å². The molecule has 1 aliphatic rings. The van der Waals surface area contributed by atoms with Gasteiger partial charge in [-0.05, 0) is 31.0 Å². The maximum Gasteiger partial charge on any atom is 0.180 e. The van der Waals surface area contributed by atoms with Crippen molar-refractivity contribution in [3.8, 4) is 5.75 Å². The van der Waals surface area contributed by atoms with E-state index in [4.69, 9.17) is 9.47 Å². The molecule has 0 spiro atoms. The van der Waals surface area contributed by atoms with Gasteiger partial charge in [0.2, 0.25) is 0 Å². The lowest BCUT2D eigenvalue weighted by Gasteiger charge is -2.31. The topological polar surface area (TPSA) is 38.8 Å². The van der Waals surface area contributed by atoms with Crippen molar-refractivity contribution in [2.45, 2.75) is 26.4 Å². The smallest absolute Gasteiger partial charge is 0.180 e. The van der Waals surface area contributed by atoms with E-state index in [-0.39, 0.29) is 11.9 Å². The number of rotatable bonds is 5. The van der Waals surface area contributed by atoms with Crippen LogP contribution in [0.1, 0.15) is 29.3 Å². The number of hydrogen-bond donors (Lipinski definition) is 0. The van der Waals surface area contributed by atoms with E-state index in [2.05, 4.69) is 11.8 Å². The molecule has 1 heterocycles. The van der Waals surface area contributed by atoms with Crippen LogP contribution in [0.2, 0.25) is 0 Å². The number of methoxy groups -OCH3 is 1. The van der Waals surface area contributed by atoms with Gasteiger partial charge in [-0.15, -0.1) is 0 Å². The molecule has 0 amide bonds. The van der Waals surface area contributed by atoms with Crippen molar-refractivity contribution in [3.05, 3.63) is 29.3 Å². The third-order valence-corrected chi connectivity index (χ3v) is 3.70. The summed E-state index contributed by atoms with van der Waals surface area (Å²) in [6.07, 6.45) is 1.23. The van der Waals surface area contributed by atoms with Crippen LogP contribution in [0.15, 0.2) is 18.2 Å². The molecular formula is C16H23NO3. The zero-order chi connectivity index (χ0) is 14.5. The molecule has 1 aliphatic heterocycles. The van der Waals surface area contributed by atoms with E-state index in [0.717, 1.165) is 25.1 Å². The van der Waals surface area contributed by atoms with E-state index in [1.165, 1.54) is 0 Å². The van der Waals surface area contributed by atoms with Gasteiger partial charge in [0.1, 0.15) is 5.75 Å². The number of aryl methyl sites for hydroxylation is 1. The van der Waals surface area contributed by atoms with Crippen molar-refractivity contribution in [2.24, 2.45) is 0 Å². The summed E-state index contributed by atoms with van der Waals surface area (Å²) in [4.78, 5) is 14.6. The molecule has 2 rings (SSSR count). The monoisotopic (exact) mass is 277 g/mol. The van der Waals surface area contributed by atoms with Gasteiger partial charge >= 0.3 is 0 Å². The van der Waals surface area contributed by atoms with E-state index >= 15 is 0 Å². The number of Topliss-reactive ketones (excluding diaryl/α,β-unsaturated/α-hetero) is 1. The molecule has 1 aromatic rings. The number of carbonyl (C=O) groups excluding carboxylic acids is 1. The highest BCUT2D eigenvalue weighted by Crippen LogP contribution is 2.21. The van der Waals surface area contributed by atoms with Crippen molar-refractivity contribution >= 4 is 5.78 Å². The average molecular weight is 277 g/mol. The molecule has 1 unspecified atom stereocenters. The number of nitrogens with zero attached hydrogens (tertiary/aromatic N) is 1. The van der Waals surface area contributed by atoms with E-state index in [0.29, 0.717) is 24.5 Å². The molecule has 0 radical (unpaired) electrons. The van der Waals surface area contributed by atoms with Gasteiger partial charge in [-0.1, -0.05) is 13.0 Å². The molecule has 0 saturated carbocycles. The summed E-state index contributed by atoms with van der Waals surface area (Å²) >= 11 is 0. The summed E-state index contributed by atoms with van der Waals surface area (Å²) in [6.45, 7) is 6.88. The third-order valence-electron chi connectivity index (χ3n) is 3.70. The van der Waals surface area contributed by atoms with Crippen molar-refractivity contribution < 1.29 is 14.3 Å². The molecule has 0 N–H and O–H groups in total. The standard InChI is InChI=1S/C16H23NO3/c1-4-13-10-17(7-8-20-13)11-15(18)14-6-5-12(2)9-16(14)19-3/h5-6,9,13H,4,7-8,10-11H2,1-3H3. The number of carbonyl (C=O) groups is 1. The highest BCUT2D eigenvalue weighted by atomic mass is 16.5. The highest BCUT2D eigenvalue weighted by Gasteiger charge is 2.22. The van der Waals surface area contributed by atoms with E-state index in [9.17, 15) is 4.79 Å². The number of morpholine rings is 1. The van der Waals surface area contributed by atoms with Gasteiger partial charge in [-0.2, -0.15) is 0 Å². The van der Waals surface area contributed by atoms with E-state index in [1.54, 1.807) is 7.11 Å². The molecule has 1 atom stereocenters. The molecule has 0 aliphatic carbocycles. The second-order valence-corrected chi connectivity index (χ2v) is 5.26. The minimum atomic E-state index is 0.110. The predicted molar refractivity (Wildman–Crippen MR) is 78.5 cm³/mol. The van der Waals surface area contributed by atoms with Crippen molar-refractivity contribution in [3.63, 3.8) is 0 Å². The van der Waals surface area contributed by atoms with Crippen LogP contribution in [0.5, 0.6) is 5.75 Å². The first-order valence-corrected chi connectivity index (χ1v) is 7.15. The first kappa shape index (κ1) is 15.0. The van der Waals surface area contributed by atoms with Crippen molar-refractivity contribution in [1.29, 1.82) is 0 Å². The summed E-state index contributed by atoms with van der Waals surface area (Å²) < 4.78 is 10.9. The van der Waals surface area contributed by atoms with E-state index < -0.39 is 0 Å². The van der Waals surface area contributed by atoms with Crippen LogP contribution in [0, 0.1) is 6.92 Å². The first-order chi connectivity index (χ1) is 9.63. The highest BCUT2D eigenvalue weighted by molar-refractivity contribution is 6.00. The molecular weight excluding hydrogens is 254 g/mol. The minimum absolute atomic E-state index is 0.110. The summed E-state index contributed by atoms with van der Waals surface area (Å²) in [5.41, 5.74) is 1.76. The molecule has 0 bridgehead atoms. The van der Waals surface area contributed by atoms with Crippen LogP contribution in [-0.2, 0) is 4.74 Å². The Bertz CT molecular complexity index is 473. The molecule has 1 fully saturated rings. The SMILES string of the molecule is CCC1CN(CC(=O)c2ccc(C)cc2OC)CCO1. The number of hydrogen-bond acceptors (Lipinski definition) is 4. The van der Waals surface area contributed by atoms with Crippen LogP contribution in [-0.4, -0.2) is 50.1 Å². The molecule has 0 aromatic heterocycles. The van der Waals surface area contributed by atoms with Gasteiger partial charge in [0.15, 0.2) is 5.78 Å². The molecule has 110 valence electrons. The summed E-state index contributed by atoms with van der Waals surface area (Å²) in [5.74, 6) is 0.772. The summed E-state index contributed by atoms with van der Waals surface area (Å²) in [5, 5.41) is 0. The Balaban J connectivity index is 2.04. The molecule has 4 heteroatoms. The first-order valence-electron chi connectivity index (χ1n) is 7.15. The fourth-order valence-corrected chi connectivity index (χ4v) is 2.49. The second-order valence-electron chi connectivity index (χ2n) is 5.26. The Morgan fingerprint density at radius 1 is 1.50 bits per heavy atom. The normalized spacial score (nSPS) is 19.9. The fraction of sp³-hybridized carbons (Fsp3) is 0.562. The molecule has 4 nitrogen and oxygen atoms in total. The van der Waals surface area contributed by atoms with Crippen LogP contribution >= 0.6 is 0 Å². The third kappa shape index (κ3) is 3.58. The molecule has 20 heavy (non-hydrogen) atoms. The Morgan fingerprint density at radius 3 is 3.00 bits per heavy atom. The number of ether oxygens (including phenoxy) is 2. The fourth-order valence-electron chi connectivity index (χ4n) is 2.49. The van der Waals surface area contributed by atoms with Gasteiger partial charge in [0.25, 0.3) is 0 Å². The lowest BCUT2D eigenvalue weighted by Crippen LogP contribution is -2.44. The summed E-state index contributed by atoms with van der Waals surface area (Å²) in [7, 11) is 1.60. The van der Waals surface area contributed by atoms with Crippen molar-refractivity contribution in [1.82, 2.24) is 4.90 Å². The Labute approximate surface area is 120 Å². The zero-order valence-corrected chi connectivity index (χ0v) is 12.5. The van der Waals surface area contributed by atoms with Gasteiger partial charge in [-0.3, -0.25) is 9.69 Å². The lowest BCUT2D eigenvalue weighted by atomic mass is 10.1. The number of ketones is 1. The number of benzene rings is 1. The maximum absolute atomic E-state index is 12.4. The summed E-state index contributed by atoms with van der Waals surface area (Å²) in [6, 6.07) is 5.71. The Hall–Kier alpha value is -1.39. The van der Waals surface area contributed by atoms with Crippen molar-refractivity contribution in [2.75, 3.05) is 33.4 Å². The second kappa shape index (κ2) is 6.86. The van der Waals surface area contributed by atoms with Gasteiger partial charge in [0, 0.05) is 13.1 Å². The molecule has 1 aromatic carbocycles. The average Bonchev–Trinajstić information content (AvgIpc) is 2.47. The Morgan fingerprint density at radius 2 is 2.30 bits per heavy atom. The zero-order valence-electron chi connectivity index (χ0n) is 12.5. The minimum Gasteiger partial charge on any atom is -0.496 e. The molecule has 1 saturated heterocycles.